The van der Waals surface area contributed by atoms with Gasteiger partial charge in [-0.15, -0.1) is 0 Å². The minimum Gasteiger partial charge on any atom is -0.511 e. The van der Waals surface area contributed by atoms with E-state index < -0.39 is 0 Å². The number of hydrogen-bond donors (Lipinski definition) is 2. The monoisotopic (exact) mass is 371 g/mol. The van der Waals surface area contributed by atoms with Gasteiger partial charge in [-0.3, -0.25) is 4.79 Å². The molecule has 0 bridgehead atoms. The van der Waals surface area contributed by atoms with Crippen LogP contribution in [0.2, 0.25) is 0 Å². The van der Waals surface area contributed by atoms with Crippen LogP contribution in [-0.4, -0.2) is 30.1 Å². The minimum absolute atomic E-state index is 0.0936. The molecule has 0 aromatic heterocycles. The smallest absolute Gasteiger partial charge is 0.157 e. The minimum atomic E-state index is 0.0936. The van der Waals surface area contributed by atoms with Crippen molar-refractivity contribution in [2.24, 2.45) is 5.92 Å². The zero-order chi connectivity index (χ0) is 19.4. The van der Waals surface area contributed by atoms with E-state index >= 15 is 0 Å². The summed E-state index contributed by atoms with van der Waals surface area (Å²) in [7, 11) is 0. The molecule has 2 unspecified atom stereocenters. The summed E-state index contributed by atoms with van der Waals surface area (Å²) in [5.41, 5.74) is 4.90. The fourth-order valence-corrected chi connectivity index (χ4v) is 4.72. The van der Waals surface area contributed by atoms with E-state index in [-0.39, 0.29) is 12.6 Å². The second-order valence-electron chi connectivity index (χ2n) is 8.21. The predicted molar refractivity (Wildman–Crippen MR) is 109 cm³/mol. The number of aryl methyl sites for hydroxylation is 1. The molecule has 0 spiro atoms. The van der Waals surface area contributed by atoms with Crippen molar-refractivity contribution < 1.29 is 14.6 Å². The van der Waals surface area contributed by atoms with E-state index in [1.165, 1.54) is 48.8 Å². The van der Waals surface area contributed by atoms with Gasteiger partial charge in [0.1, 0.15) is 18.1 Å². The molecule has 0 saturated heterocycles. The Morgan fingerprint density at radius 1 is 1.19 bits per heavy atom. The average Bonchev–Trinajstić information content (AvgIpc) is 2.69. The van der Waals surface area contributed by atoms with E-state index in [1.54, 1.807) is 0 Å². The van der Waals surface area contributed by atoms with Gasteiger partial charge < -0.3 is 15.2 Å². The summed E-state index contributed by atoms with van der Waals surface area (Å²) in [6.07, 6.45) is 10.9. The summed E-state index contributed by atoms with van der Waals surface area (Å²) in [6, 6.07) is 2.50. The first-order chi connectivity index (χ1) is 13.0. The highest BCUT2D eigenvalue weighted by Gasteiger charge is 2.31. The number of aldehydes is 1. The number of hydrogen-bond acceptors (Lipinski definition) is 4. The predicted octanol–water partition coefficient (Wildman–Crippen LogP) is 4.48. The second-order valence-corrected chi connectivity index (χ2v) is 8.21. The number of aliphatic hydroxyl groups is 1. The van der Waals surface area contributed by atoms with E-state index in [0.717, 1.165) is 30.4 Å². The molecule has 2 aliphatic rings. The number of carbonyl (C=O) groups is 1. The van der Waals surface area contributed by atoms with Crippen LogP contribution >= 0.6 is 0 Å². The summed E-state index contributed by atoms with van der Waals surface area (Å²) < 4.78 is 5.58. The lowest BCUT2D eigenvalue weighted by Crippen LogP contribution is -2.48. The molecule has 2 N–H and O–H groups in total. The van der Waals surface area contributed by atoms with Gasteiger partial charge in [0.2, 0.25) is 0 Å². The second kappa shape index (κ2) is 8.92. The molecule has 1 aliphatic carbocycles. The molecular formula is C23H33NO3. The lowest BCUT2D eigenvalue weighted by Gasteiger charge is -2.36. The number of benzene rings is 1. The molecule has 4 heteroatoms. The van der Waals surface area contributed by atoms with Crippen LogP contribution in [0.4, 0.5) is 0 Å². The Morgan fingerprint density at radius 3 is 2.63 bits per heavy atom. The van der Waals surface area contributed by atoms with Crippen LogP contribution in [0.3, 0.4) is 0 Å². The average molecular weight is 372 g/mol. The SMILES string of the molecule is Cc1cc(OCC=O)c(C)c(C)c1CC1CC=C(O)C(C2CCCCC2)N1. The molecule has 2 atom stereocenters. The van der Waals surface area contributed by atoms with Crippen molar-refractivity contribution in [1.29, 1.82) is 0 Å². The van der Waals surface area contributed by atoms with E-state index in [2.05, 4.69) is 32.2 Å². The molecule has 1 saturated carbocycles. The van der Waals surface area contributed by atoms with Crippen LogP contribution in [-0.2, 0) is 11.2 Å². The van der Waals surface area contributed by atoms with Crippen molar-refractivity contribution in [3.05, 3.63) is 40.2 Å². The van der Waals surface area contributed by atoms with Gasteiger partial charge in [0.25, 0.3) is 0 Å². The maximum absolute atomic E-state index is 10.6. The number of rotatable bonds is 6. The van der Waals surface area contributed by atoms with Crippen molar-refractivity contribution in [1.82, 2.24) is 5.32 Å². The molecule has 1 heterocycles. The first kappa shape index (κ1) is 19.9. The molecule has 1 aliphatic heterocycles. The standard InChI is InChI=1S/C23H33NO3/c1-15-13-22(27-12-11-25)17(3)16(2)20(15)14-19-9-10-21(26)23(24-19)18-7-5-4-6-8-18/h10-11,13,18-19,23-24,26H,4-9,12,14H2,1-3H3. The van der Waals surface area contributed by atoms with Crippen LogP contribution in [0, 0.1) is 26.7 Å². The Labute approximate surface area is 163 Å². The van der Waals surface area contributed by atoms with Crippen LogP contribution < -0.4 is 10.1 Å². The third kappa shape index (κ3) is 4.55. The molecule has 0 radical (unpaired) electrons. The summed E-state index contributed by atoms with van der Waals surface area (Å²) >= 11 is 0. The summed E-state index contributed by atoms with van der Waals surface area (Å²) in [5.74, 6) is 1.90. The zero-order valence-corrected chi connectivity index (χ0v) is 16.9. The Kier molecular flexibility index (Phi) is 6.59. The van der Waals surface area contributed by atoms with E-state index in [0.29, 0.717) is 17.7 Å². The highest BCUT2D eigenvalue weighted by molar-refractivity contribution is 5.53. The Balaban J connectivity index is 1.75. The Bertz CT molecular complexity index is 704. The lowest BCUT2D eigenvalue weighted by atomic mass is 9.80. The third-order valence-corrected chi connectivity index (χ3v) is 6.43. The lowest BCUT2D eigenvalue weighted by molar-refractivity contribution is -0.109. The van der Waals surface area contributed by atoms with Gasteiger partial charge in [-0.1, -0.05) is 19.3 Å². The normalized spacial score (nSPS) is 23.7. The molecule has 148 valence electrons. The van der Waals surface area contributed by atoms with Gasteiger partial charge in [-0.25, -0.2) is 0 Å². The number of nitrogens with one attached hydrogen (secondary N) is 1. The maximum atomic E-state index is 10.6. The van der Waals surface area contributed by atoms with Crippen LogP contribution in [0.25, 0.3) is 0 Å². The number of carbonyl (C=O) groups excluding carboxylic acids is 1. The topological polar surface area (TPSA) is 58.6 Å². The highest BCUT2D eigenvalue weighted by atomic mass is 16.5. The molecule has 0 amide bonds. The summed E-state index contributed by atoms with van der Waals surface area (Å²) in [6.45, 7) is 6.41. The van der Waals surface area contributed by atoms with Gasteiger partial charge in [0.05, 0.1) is 6.04 Å². The molecule has 3 rings (SSSR count). The largest absolute Gasteiger partial charge is 0.511 e. The van der Waals surface area contributed by atoms with Crippen molar-refractivity contribution in [3.8, 4) is 5.75 Å². The highest BCUT2D eigenvalue weighted by Crippen LogP contribution is 2.33. The van der Waals surface area contributed by atoms with E-state index in [1.807, 2.05) is 6.08 Å². The Hall–Kier alpha value is -1.81. The zero-order valence-electron chi connectivity index (χ0n) is 16.9. The molecule has 1 aromatic rings. The molecular weight excluding hydrogens is 338 g/mol. The van der Waals surface area contributed by atoms with Crippen LogP contribution in [0.15, 0.2) is 17.9 Å². The molecule has 4 nitrogen and oxygen atoms in total. The van der Waals surface area contributed by atoms with Crippen LogP contribution in [0.1, 0.15) is 60.8 Å². The first-order valence-corrected chi connectivity index (χ1v) is 10.3. The van der Waals surface area contributed by atoms with Gasteiger partial charge in [-0.05, 0) is 86.8 Å². The fraction of sp³-hybridized carbons (Fsp3) is 0.609. The van der Waals surface area contributed by atoms with Crippen molar-refractivity contribution in [2.75, 3.05) is 6.61 Å². The molecule has 1 aromatic carbocycles. The summed E-state index contributed by atoms with van der Waals surface area (Å²) in [4.78, 5) is 10.6. The molecule has 27 heavy (non-hydrogen) atoms. The number of ether oxygens (including phenoxy) is 1. The quantitative estimate of drug-likeness (QED) is 0.724. The Morgan fingerprint density at radius 2 is 1.93 bits per heavy atom. The van der Waals surface area contributed by atoms with Crippen LogP contribution in [0.5, 0.6) is 5.75 Å². The van der Waals surface area contributed by atoms with E-state index in [9.17, 15) is 9.90 Å². The van der Waals surface area contributed by atoms with Gasteiger partial charge >= 0.3 is 0 Å². The third-order valence-electron chi connectivity index (χ3n) is 6.43. The summed E-state index contributed by atoms with van der Waals surface area (Å²) in [5, 5.41) is 14.2. The van der Waals surface area contributed by atoms with E-state index in [4.69, 9.17) is 4.74 Å². The maximum Gasteiger partial charge on any atom is 0.157 e. The molecule has 1 fully saturated rings. The van der Waals surface area contributed by atoms with Gasteiger partial charge in [0, 0.05) is 6.04 Å². The van der Waals surface area contributed by atoms with Gasteiger partial charge in [0.15, 0.2) is 6.29 Å². The first-order valence-electron chi connectivity index (χ1n) is 10.3. The fourth-order valence-electron chi connectivity index (χ4n) is 4.72. The van der Waals surface area contributed by atoms with Crippen molar-refractivity contribution in [3.63, 3.8) is 0 Å². The van der Waals surface area contributed by atoms with Crippen molar-refractivity contribution >= 4 is 6.29 Å². The van der Waals surface area contributed by atoms with Crippen molar-refractivity contribution in [2.45, 2.75) is 77.8 Å². The van der Waals surface area contributed by atoms with Gasteiger partial charge in [-0.2, -0.15) is 0 Å². The number of aliphatic hydroxyl groups excluding tert-OH is 1.